The summed E-state index contributed by atoms with van der Waals surface area (Å²) in [7, 11) is 0. The molecule has 1 unspecified atom stereocenters. The topological polar surface area (TPSA) is 66.4 Å². The van der Waals surface area contributed by atoms with E-state index in [0.717, 1.165) is 13.0 Å². The van der Waals surface area contributed by atoms with Crippen molar-refractivity contribution in [2.75, 3.05) is 13.1 Å². The van der Waals surface area contributed by atoms with E-state index >= 15 is 0 Å². The minimum absolute atomic E-state index is 0.0499. The van der Waals surface area contributed by atoms with E-state index in [9.17, 15) is 9.59 Å². The minimum atomic E-state index is -0.852. The Hall–Kier alpha value is -0.900. The summed E-state index contributed by atoms with van der Waals surface area (Å²) < 4.78 is 0. The van der Waals surface area contributed by atoms with Gasteiger partial charge in [-0.3, -0.25) is 9.59 Å². The third-order valence-corrected chi connectivity index (χ3v) is 2.51. The Bertz CT molecular complexity index is 219. The molecule has 1 heterocycles. The molecule has 0 aromatic carbocycles. The summed E-state index contributed by atoms with van der Waals surface area (Å²) >= 11 is 0. The lowest BCUT2D eigenvalue weighted by Crippen LogP contribution is -2.46. The number of carbonyl (C=O) groups excluding carboxylic acids is 1. The van der Waals surface area contributed by atoms with Gasteiger partial charge in [0.05, 0.1) is 5.41 Å². The van der Waals surface area contributed by atoms with E-state index in [1.165, 1.54) is 6.92 Å². The molecule has 0 aromatic rings. The number of Topliss-reactive ketones (excluding diaryl/α,β-unsaturated/α-hetero) is 1. The van der Waals surface area contributed by atoms with Crippen molar-refractivity contribution < 1.29 is 14.7 Å². The lowest BCUT2D eigenvalue weighted by Gasteiger charge is -2.32. The van der Waals surface area contributed by atoms with Crippen molar-refractivity contribution >= 4 is 11.8 Å². The maximum Gasteiger partial charge on any atom is 0.311 e. The summed E-state index contributed by atoms with van der Waals surface area (Å²) in [6.45, 7) is 2.72. The molecule has 1 aliphatic rings. The van der Waals surface area contributed by atoms with Gasteiger partial charge in [-0.25, -0.2) is 0 Å². The van der Waals surface area contributed by atoms with E-state index in [1.54, 1.807) is 0 Å². The monoisotopic (exact) mass is 185 g/mol. The van der Waals surface area contributed by atoms with Gasteiger partial charge < -0.3 is 10.4 Å². The van der Waals surface area contributed by atoms with Crippen LogP contribution in [-0.2, 0) is 9.59 Å². The Morgan fingerprint density at radius 3 is 2.62 bits per heavy atom. The lowest BCUT2D eigenvalue weighted by atomic mass is 9.77. The van der Waals surface area contributed by atoms with Crippen molar-refractivity contribution in [1.29, 1.82) is 0 Å². The van der Waals surface area contributed by atoms with Gasteiger partial charge >= 0.3 is 5.97 Å². The van der Waals surface area contributed by atoms with Gasteiger partial charge in [0.1, 0.15) is 5.78 Å². The van der Waals surface area contributed by atoms with Crippen LogP contribution in [0.2, 0.25) is 0 Å². The first-order valence-electron chi connectivity index (χ1n) is 4.50. The molecule has 74 valence electrons. The third-order valence-electron chi connectivity index (χ3n) is 2.51. The number of rotatable bonds is 3. The first-order valence-corrected chi connectivity index (χ1v) is 4.50. The fourth-order valence-corrected chi connectivity index (χ4v) is 1.85. The number of hydrogen-bond donors (Lipinski definition) is 2. The molecule has 0 aliphatic carbocycles. The first-order chi connectivity index (χ1) is 6.07. The summed E-state index contributed by atoms with van der Waals surface area (Å²) in [6, 6.07) is 0. The quantitative estimate of drug-likeness (QED) is 0.668. The second-order valence-corrected chi connectivity index (χ2v) is 3.74. The predicted molar refractivity (Wildman–Crippen MR) is 47.5 cm³/mol. The maximum absolute atomic E-state index is 11.0. The highest BCUT2D eigenvalue weighted by Crippen LogP contribution is 2.30. The highest BCUT2D eigenvalue weighted by Gasteiger charge is 2.40. The molecule has 0 bridgehead atoms. The summed E-state index contributed by atoms with van der Waals surface area (Å²) in [5, 5.41) is 12.1. The number of hydrogen-bond acceptors (Lipinski definition) is 3. The van der Waals surface area contributed by atoms with E-state index in [1.807, 2.05) is 0 Å². The number of carbonyl (C=O) groups is 2. The Kier molecular flexibility index (Phi) is 3.03. The molecule has 4 heteroatoms. The Labute approximate surface area is 77.3 Å². The molecule has 1 saturated heterocycles. The van der Waals surface area contributed by atoms with Crippen molar-refractivity contribution in [2.45, 2.75) is 26.2 Å². The molecular formula is C9H15NO3. The number of ketones is 1. The number of nitrogens with one attached hydrogen (secondary N) is 1. The highest BCUT2D eigenvalue weighted by atomic mass is 16.4. The standard InChI is InChI=1S/C9H15NO3/c1-7(11)5-9(8(12)13)3-2-4-10-6-9/h10H,2-6H2,1H3,(H,12,13). The molecule has 1 fully saturated rings. The molecule has 4 nitrogen and oxygen atoms in total. The first kappa shape index (κ1) is 10.2. The van der Waals surface area contributed by atoms with E-state index < -0.39 is 11.4 Å². The van der Waals surface area contributed by atoms with Crippen LogP contribution in [0.5, 0.6) is 0 Å². The number of carboxylic acid groups (broad SMARTS) is 1. The van der Waals surface area contributed by atoms with Crippen LogP contribution >= 0.6 is 0 Å². The fraction of sp³-hybridized carbons (Fsp3) is 0.778. The minimum Gasteiger partial charge on any atom is -0.481 e. The highest BCUT2D eigenvalue weighted by molar-refractivity contribution is 5.85. The van der Waals surface area contributed by atoms with Gasteiger partial charge in [0, 0.05) is 13.0 Å². The molecule has 2 N–H and O–H groups in total. The Morgan fingerprint density at radius 2 is 2.23 bits per heavy atom. The normalized spacial score (nSPS) is 28.4. The molecule has 0 aromatic heterocycles. The van der Waals surface area contributed by atoms with Crippen molar-refractivity contribution in [1.82, 2.24) is 5.32 Å². The average Bonchev–Trinajstić information content (AvgIpc) is 2.04. The van der Waals surface area contributed by atoms with Crippen LogP contribution in [0.25, 0.3) is 0 Å². The summed E-state index contributed by atoms with van der Waals surface area (Å²) in [6.07, 6.45) is 1.59. The number of piperidine rings is 1. The molecule has 0 amide bonds. The van der Waals surface area contributed by atoms with E-state index in [4.69, 9.17) is 5.11 Å². The second-order valence-electron chi connectivity index (χ2n) is 3.74. The van der Waals surface area contributed by atoms with Gasteiger partial charge in [-0.2, -0.15) is 0 Å². The summed E-state index contributed by atoms with van der Waals surface area (Å²) in [4.78, 5) is 22.0. The molecular weight excluding hydrogens is 170 g/mol. The van der Waals surface area contributed by atoms with Gasteiger partial charge in [0.2, 0.25) is 0 Å². The molecule has 0 radical (unpaired) electrons. The van der Waals surface area contributed by atoms with Crippen molar-refractivity contribution in [3.63, 3.8) is 0 Å². The van der Waals surface area contributed by atoms with Crippen molar-refractivity contribution in [2.24, 2.45) is 5.41 Å². The van der Waals surface area contributed by atoms with Gasteiger partial charge in [0.15, 0.2) is 0 Å². The van der Waals surface area contributed by atoms with E-state index in [-0.39, 0.29) is 12.2 Å². The second kappa shape index (κ2) is 3.87. The van der Waals surface area contributed by atoms with Crippen molar-refractivity contribution in [3.8, 4) is 0 Å². The van der Waals surface area contributed by atoms with Crippen LogP contribution in [-0.4, -0.2) is 29.9 Å². The summed E-state index contributed by atoms with van der Waals surface area (Å²) in [5.74, 6) is -0.902. The Balaban J connectivity index is 2.73. The molecule has 0 saturated carbocycles. The predicted octanol–water partition coefficient (Wildman–Crippen LogP) is 0.420. The average molecular weight is 185 g/mol. The fourth-order valence-electron chi connectivity index (χ4n) is 1.85. The molecule has 0 spiro atoms. The number of aliphatic carboxylic acids is 1. The van der Waals surface area contributed by atoms with Gasteiger partial charge in [0.25, 0.3) is 0 Å². The smallest absolute Gasteiger partial charge is 0.311 e. The van der Waals surface area contributed by atoms with Gasteiger partial charge in [-0.05, 0) is 26.3 Å². The summed E-state index contributed by atoms with van der Waals surface area (Å²) in [5.41, 5.74) is -0.843. The molecule has 1 rings (SSSR count). The molecule has 1 atom stereocenters. The molecule has 13 heavy (non-hydrogen) atoms. The largest absolute Gasteiger partial charge is 0.481 e. The SMILES string of the molecule is CC(=O)CC1(C(=O)O)CCCNC1. The zero-order valence-electron chi connectivity index (χ0n) is 7.80. The van der Waals surface area contributed by atoms with Crippen LogP contribution in [0.15, 0.2) is 0 Å². The maximum atomic E-state index is 11.0. The van der Waals surface area contributed by atoms with E-state index in [2.05, 4.69) is 5.32 Å². The van der Waals surface area contributed by atoms with Crippen LogP contribution in [0, 0.1) is 5.41 Å². The van der Waals surface area contributed by atoms with Gasteiger partial charge in [-0.15, -0.1) is 0 Å². The zero-order valence-corrected chi connectivity index (χ0v) is 7.80. The molecule has 1 aliphatic heterocycles. The van der Waals surface area contributed by atoms with E-state index in [0.29, 0.717) is 13.0 Å². The third kappa shape index (κ3) is 2.28. The van der Waals surface area contributed by atoms with Crippen molar-refractivity contribution in [3.05, 3.63) is 0 Å². The van der Waals surface area contributed by atoms with Gasteiger partial charge in [-0.1, -0.05) is 0 Å². The van der Waals surface area contributed by atoms with Crippen LogP contribution in [0.4, 0.5) is 0 Å². The van der Waals surface area contributed by atoms with Crippen LogP contribution < -0.4 is 5.32 Å². The number of carboxylic acids is 1. The Morgan fingerprint density at radius 1 is 1.54 bits per heavy atom. The van der Waals surface area contributed by atoms with Crippen LogP contribution in [0.3, 0.4) is 0 Å². The zero-order chi connectivity index (χ0) is 9.90. The van der Waals surface area contributed by atoms with Crippen LogP contribution in [0.1, 0.15) is 26.2 Å². The lowest BCUT2D eigenvalue weighted by molar-refractivity contribution is -0.152.